The molecule has 1 saturated heterocycles. The molecular formula is C9H18N2OS. The molecule has 0 bridgehead atoms. The van der Waals surface area contributed by atoms with E-state index in [1.807, 2.05) is 7.05 Å². The van der Waals surface area contributed by atoms with Gasteiger partial charge in [-0.25, -0.2) is 0 Å². The number of hydrogen-bond donors (Lipinski definition) is 2. The van der Waals surface area contributed by atoms with Gasteiger partial charge in [0, 0.05) is 13.1 Å². The highest BCUT2D eigenvalue weighted by atomic mass is 32.2. The normalized spacial score (nSPS) is 22.7. The first kappa shape index (κ1) is 10.9. The van der Waals surface area contributed by atoms with Crippen molar-refractivity contribution in [2.45, 2.75) is 24.5 Å². The van der Waals surface area contributed by atoms with E-state index in [0.717, 1.165) is 25.3 Å². The van der Waals surface area contributed by atoms with Crippen LogP contribution in [0.5, 0.6) is 0 Å². The lowest BCUT2D eigenvalue weighted by Gasteiger charge is -2.20. The van der Waals surface area contributed by atoms with Crippen LogP contribution < -0.4 is 10.6 Å². The summed E-state index contributed by atoms with van der Waals surface area (Å²) >= 11 is 1.80. The molecule has 4 heteroatoms. The summed E-state index contributed by atoms with van der Waals surface area (Å²) in [6.45, 7) is 1.59. The molecule has 0 spiro atoms. The summed E-state index contributed by atoms with van der Waals surface area (Å²) in [5.41, 5.74) is 0. The lowest BCUT2D eigenvalue weighted by molar-refractivity contribution is -0.120. The highest BCUT2D eigenvalue weighted by Gasteiger charge is 2.20. The Morgan fingerprint density at radius 3 is 2.92 bits per heavy atom. The van der Waals surface area contributed by atoms with Gasteiger partial charge in [-0.05, 0) is 25.6 Å². The summed E-state index contributed by atoms with van der Waals surface area (Å²) in [6, 6.07) is 0. The average Bonchev–Trinajstić information content (AvgIpc) is 2.19. The number of rotatable bonds is 4. The predicted molar refractivity (Wildman–Crippen MR) is 57.0 cm³/mol. The molecule has 1 heterocycles. The van der Waals surface area contributed by atoms with Crippen LogP contribution in [-0.2, 0) is 4.79 Å². The minimum absolute atomic E-state index is 0.214. The molecule has 0 saturated carbocycles. The number of amides is 1. The summed E-state index contributed by atoms with van der Waals surface area (Å²) in [6.07, 6.45) is 3.53. The van der Waals surface area contributed by atoms with Crippen LogP contribution in [0.4, 0.5) is 0 Å². The van der Waals surface area contributed by atoms with Gasteiger partial charge in [-0.1, -0.05) is 6.42 Å². The van der Waals surface area contributed by atoms with E-state index in [0.29, 0.717) is 0 Å². The van der Waals surface area contributed by atoms with Gasteiger partial charge in [-0.15, -0.1) is 11.8 Å². The van der Waals surface area contributed by atoms with Crippen molar-refractivity contribution in [1.82, 2.24) is 10.6 Å². The van der Waals surface area contributed by atoms with Gasteiger partial charge < -0.3 is 10.6 Å². The maximum Gasteiger partial charge on any atom is 0.233 e. The third kappa shape index (κ3) is 4.00. The van der Waals surface area contributed by atoms with E-state index in [9.17, 15) is 4.79 Å². The fourth-order valence-electron chi connectivity index (χ4n) is 1.37. The predicted octanol–water partition coefficient (Wildman–Crippen LogP) is 0.608. The third-order valence-corrected chi connectivity index (χ3v) is 3.52. The first-order valence-corrected chi connectivity index (χ1v) is 5.93. The zero-order chi connectivity index (χ0) is 9.52. The topological polar surface area (TPSA) is 41.1 Å². The molecule has 2 N–H and O–H groups in total. The van der Waals surface area contributed by atoms with Gasteiger partial charge >= 0.3 is 0 Å². The zero-order valence-corrected chi connectivity index (χ0v) is 8.95. The Morgan fingerprint density at radius 2 is 2.31 bits per heavy atom. The molecule has 1 fully saturated rings. The van der Waals surface area contributed by atoms with Gasteiger partial charge in [-0.3, -0.25) is 4.79 Å². The molecule has 1 unspecified atom stereocenters. The van der Waals surface area contributed by atoms with Crippen LogP contribution in [0, 0.1) is 0 Å². The van der Waals surface area contributed by atoms with Crippen LogP contribution in [0.1, 0.15) is 19.3 Å². The Hall–Kier alpha value is -0.220. The van der Waals surface area contributed by atoms with Gasteiger partial charge in [0.25, 0.3) is 0 Å². The quantitative estimate of drug-likeness (QED) is 0.656. The molecule has 0 aromatic heterocycles. The van der Waals surface area contributed by atoms with E-state index in [2.05, 4.69) is 10.6 Å². The van der Waals surface area contributed by atoms with E-state index < -0.39 is 0 Å². The maximum atomic E-state index is 11.5. The summed E-state index contributed by atoms with van der Waals surface area (Å²) in [5.74, 6) is 1.37. The number of hydrogen-bond acceptors (Lipinski definition) is 3. The first-order valence-electron chi connectivity index (χ1n) is 4.88. The highest BCUT2D eigenvalue weighted by molar-refractivity contribution is 8.00. The van der Waals surface area contributed by atoms with E-state index in [-0.39, 0.29) is 11.2 Å². The maximum absolute atomic E-state index is 11.5. The van der Waals surface area contributed by atoms with Crippen molar-refractivity contribution in [2.75, 3.05) is 25.9 Å². The fraction of sp³-hybridized carbons (Fsp3) is 0.889. The number of thioether (sulfide) groups is 1. The molecule has 3 nitrogen and oxygen atoms in total. The number of nitrogens with one attached hydrogen (secondary N) is 2. The molecule has 0 radical (unpaired) electrons. The molecule has 1 rings (SSSR count). The highest BCUT2D eigenvalue weighted by Crippen LogP contribution is 2.24. The largest absolute Gasteiger partial charge is 0.354 e. The van der Waals surface area contributed by atoms with Crippen LogP contribution in [0.2, 0.25) is 0 Å². The average molecular weight is 202 g/mol. The molecule has 0 aliphatic carbocycles. The SMILES string of the molecule is CNCCNC(=O)C1CCCCS1. The van der Waals surface area contributed by atoms with Gasteiger partial charge in [-0.2, -0.15) is 0 Å². The van der Waals surface area contributed by atoms with E-state index in [4.69, 9.17) is 0 Å². The molecule has 1 aliphatic rings. The van der Waals surface area contributed by atoms with Crippen molar-refractivity contribution >= 4 is 17.7 Å². The Morgan fingerprint density at radius 1 is 1.46 bits per heavy atom. The summed E-state index contributed by atoms with van der Waals surface area (Å²) in [4.78, 5) is 11.5. The minimum atomic E-state index is 0.214. The minimum Gasteiger partial charge on any atom is -0.354 e. The van der Waals surface area contributed by atoms with Crippen molar-refractivity contribution in [3.05, 3.63) is 0 Å². The Labute approximate surface area is 84.0 Å². The molecule has 76 valence electrons. The van der Waals surface area contributed by atoms with Gasteiger partial charge in [0.1, 0.15) is 0 Å². The van der Waals surface area contributed by atoms with Crippen molar-refractivity contribution in [2.24, 2.45) is 0 Å². The van der Waals surface area contributed by atoms with Gasteiger partial charge in [0.2, 0.25) is 5.91 Å². The molecule has 1 amide bonds. The van der Waals surface area contributed by atoms with Crippen molar-refractivity contribution in [3.8, 4) is 0 Å². The van der Waals surface area contributed by atoms with Crippen molar-refractivity contribution < 1.29 is 4.79 Å². The monoisotopic (exact) mass is 202 g/mol. The van der Waals surface area contributed by atoms with Crippen molar-refractivity contribution in [1.29, 1.82) is 0 Å². The van der Waals surface area contributed by atoms with Crippen LogP contribution in [0.25, 0.3) is 0 Å². The lowest BCUT2D eigenvalue weighted by Crippen LogP contribution is -2.37. The van der Waals surface area contributed by atoms with Crippen LogP contribution in [-0.4, -0.2) is 37.0 Å². The van der Waals surface area contributed by atoms with Crippen LogP contribution >= 0.6 is 11.8 Å². The van der Waals surface area contributed by atoms with Crippen molar-refractivity contribution in [3.63, 3.8) is 0 Å². The lowest BCUT2D eigenvalue weighted by atomic mass is 10.2. The van der Waals surface area contributed by atoms with Crippen LogP contribution in [0.15, 0.2) is 0 Å². The second-order valence-corrected chi connectivity index (χ2v) is 4.56. The molecular weight excluding hydrogens is 184 g/mol. The fourth-order valence-corrected chi connectivity index (χ4v) is 2.60. The molecule has 1 aliphatic heterocycles. The Bertz CT molecular complexity index is 158. The summed E-state index contributed by atoms with van der Waals surface area (Å²) < 4.78 is 0. The smallest absolute Gasteiger partial charge is 0.233 e. The zero-order valence-electron chi connectivity index (χ0n) is 8.14. The Kier molecular flexibility index (Phi) is 5.23. The molecule has 0 aromatic carbocycles. The standard InChI is InChI=1S/C9H18N2OS/c1-10-5-6-11-9(12)8-4-2-3-7-13-8/h8,10H,2-7H2,1H3,(H,11,12). The van der Waals surface area contributed by atoms with E-state index >= 15 is 0 Å². The van der Waals surface area contributed by atoms with E-state index in [1.54, 1.807) is 11.8 Å². The number of carbonyl (C=O) groups excluding carboxylic acids is 1. The summed E-state index contributed by atoms with van der Waals surface area (Å²) in [5, 5.41) is 6.15. The first-order chi connectivity index (χ1) is 6.34. The van der Waals surface area contributed by atoms with Crippen LogP contribution in [0.3, 0.4) is 0 Å². The molecule has 0 aromatic rings. The Balaban J connectivity index is 2.13. The molecule has 13 heavy (non-hydrogen) atoms. The third-order valence-electron chi connectivity index (χ3n) is 2.15. The summed E-state index contributed by atoms with van der Waals surface area (Å²) in [7, 11) is 1.89. The number of carbonyl (C=O) groups is 1. The van der Waals surface area contributed by atoms with E-state index in [1.165, 1.54) is 12.8 Å². The number of likely N-dealkylation sites (N-methyl/N-ethyl adjacent to an activating group) is 1. The van der Waals surface area contributed by atoms with Gasteiger partial charge in [0.05, 0.1) is 5.25 Å². The second kappa shape index (κ2) is 6.27. The molecule has 1 atom stereocenters. The second-order valence-electron chi connectivity index (χ2n) is 3.25. The van der Waals surface area contributed by atoms with Gasteiger partial charge in [0.15, 0.2) is 0 Å².